The average molecular weight is 319 g/mol. The van der Waals surface area contributed by atoms with Crippen molar-refractivity contribution in [1.82, 2.24) is 4.98 Å². The number of pyridine rings is 1. The molecule has 4 heteroatoms. The maximum Gasteiger partial charge on any atom is 0.116 e. The molecule has 0 saturated heterocycles. The lowest BCUT2D eigenvalue weighted by Crippen LogP contribution is -2.23. The summed E-state index contributed by atoms with van der Waals surface area (Å²) in [6.45, 7) is 7.27. The third-order valence-electron chi connectivity index (χ3n) is 4.24. The van der Waals surface area contributed by atoms with Crippen LogP contribution < -0.4 is 0 Å². The van der Waals surface area contributed by atoms with E-state index in [-0.39, 0.29) is 5.75 Å². The second-order valence-electron chi connectivity index (χ2n) is 7.03. The Bertz CT molecular complexity index is 777. The quantitative estimate of drug-likeness (QED) is 0.924. The number of aromatic nitrogens is 1. The normalized spacial score (nSPS) is 11.6. The number of nitrogens with zero attached hydrogens (tertiary/aromatic N) is 3. The highest BCUT2D eigenvalue weighted by Gasteiger charge is 2.31. The SMILES string of the molecule is CC(C)(C#N)c1cc(O)cc(C(C)(C)C#N)c1Cc1cccnc1. The average Bonchev–Trinajstić information content (AvgIpc) is 2.56. The van der Waals surface area contributed by atoms with Gasteiger partial charge in [-0.3, -0.25) is 4.98 Å². The van der Waals surface area contributed by atoms with E-state index in [1.54, 1.807) is 24.5 Å². The molecule has 0 bridgehead atoms. The van der Waals surface area contributed by atoms with Crippen molar-refractivity contribution < 1.29 is 5.11 Å². The lowest BCUT2D eigenvalue weighted by atomic mass is 9.74. The van der Waals surface area contributed by atoms with Crippen molar-refractivity contribution >= 4 is 0 Å². The summed E-state index contributed by atoms with van der Waals surface area (Å²) >= 11 is 0. The highest BCUT2D eigenvalue weighted by molar-refractivity contribution is 5.53. The molecule has 0 atom stereocenters. The van der Waals surface area contributed by atoms with E-state index >= 15 is 0 Å². The molecule has 2 aromatic rings. The van der Waals surface area contributed by atoms with Crippen LogP contribution in [0.5, 0.6) is 5.75 Å². The van der Waals surface area contributed by atoms with Crippen molar-refractivity contribution in [2.45, 2.75) is 44.9 Å². The number of nitriles is 2. The van der Waals surface area contributed by atoms with E-state index in [0.717, 1.165) is 22.3 Å². The maximum atomic E-state index is 10.2. The molecule has 0 saturated carbocycles. The van der Waals surface area contributed by atoms with Crippen LogP contribution in [0.4, 0.5) is 0 Å². The smallest absolute Gasteiger partial charge is 0.116 e. The second kappa shape index (κ2) is 6.34. The monoisotopic (exact) mass is 319 g/mol. The van der Waals surface area contributed by atoms with Crippen molar-refractivity contribution in [2.24, 2.45) is 0 Å². The summed E-state index contributed by atoms with van der Waals surface area (Å²) in [6, 6.07) is 11.7. The van der Waals surface area contributed by atoms with Crippen molar-refractivity contribution in [3.8, 4) is 17.9 Å². The second-order valence-corrected chi connectivity index (χ2v) is 7.03. The highest BCUT2D eigenvalue weighted by Crippen LogP contribution is 2.38. The minimum atomic E-state index is -0.781. The molecule has 1 heterocycles. The van der Waals surface area contributed by atoms with Crippen molar-refractivity contribution in [3.63, 3.8) is 0 Å². The molecule has 2 rings (SSSR count). The van der Waals surface area contributed by atoms with Gasteiger partial charge in [-0.05, 0) is 74.6 Å². The predicted molar refractivity (Wildman–Crippen MR) is 92.4 cm³/mol. The van der Waals surface area contributed by atoms with Gasteiger partial charge in [0.15, 0.2) is 0 Å². The number of aromatic hydroxyl groups is 1. The topological polar surface area (TPSA) is 80.7 Å². The highest BCUT2D eigenvalue weighted by atomic mass is 16.3. The van der Waals surface area contributed by atoms with Gasteiger partial charge in [0.2, 0.25) is 0 Å². The van der Waals surface area contributed by atoms with Crippen molar-refractivity contribution in [1.29, 1.82) is 10.5 Å². The van der Waals surface area contributed by atoms with Gasteiger partial charge >= 0.3 is 0 Å². The predicted octanol–water partition coefficient (Wildman–Crippen LogP) is 3.98. The Morgan fingerprint density at radius 3 is 2.00 bits per heavy atom. The Labute approximate surface area is 143 Å². The van der Waals surface area contributed by atoms with Gasteiger partial charge in [-0.15, -0.1) is 0 Å². The molecule has 0 unspecified atom stereocenters. The first kappa shape index (κ1) is 17.5. The Morgan fingerprint density at radius 2 is 1.58 bits per heavy atom. The third-order valence-corrected chi connectivity index (χ3v) is 4.24. The van der Waals surface area contributed by atoms with Gasteiger partial charge in [-0.1, -0.05) is 6.07 Å². The van der Waals surface area contributed by atoms with Gasteiger partial charge in [0.1, 0.15) is 5.75 Å². The third kappa shape index (κ3) is 3.39. The Morgan fingerprint density at radius 1 is 1.04 bits per heavy atom. The number of hydrogen-bond donors (Lipinski definition) is 1. The van der Waals surface area contributed by atoms with Crippen LogP contribution in [0.15, 0.2) is 36.7 Å². The molecule has 4 nitrogen and oxygen atoms in total. The largest absolute Gasteiger partial charge is 0.508 e. The number of rotatable bonds is 4. The fourth-order valence-corrected chi connectivity index (χ4v) is 2.79. The zero-order chi connectivity index (χ0) is 18.0. The standard InChI is InChI=1S/C20H21N3O/c1-19(2,12-21)17-9-15(24)10-18(20(3,4)13-22)16(17)8-14-6-5-7-23-11-14/h5-7,9-11,24H,8H2,1-4H3. The first-order chi connectivity index (χ1) is 11.2. The zero-order valence-corrected chi connectivity index (χ0v) is 14.5. The summed E-state index contributed by atoms with van der Waals surface area (Å²) in [5, 5.41) is 29.3. The van der Waals surface area contributed by atoms with Gasteiger partial charge in [0.05, 0.1) is 23.0 Å². The summed E-state index contributed by atoms with van der Waals surface area (Å²) in [6.07, 6.45) is 4.04. The van der Waals surface area contributed by atoms with E-state index in [1.165, 1.54) is 0 Å². The first-order valence-electron chi connectivity index (χ1n) is 7.79. The van der Waals surface area contributed by atoms with Crippen LogP contribution >= 0.6 is 0 Å². The summed E-state index contributed by atoms with van der Waals surface area (Å²) in [5.41, 5.74) is 1.82. The maximum absolute atomic E-state index is 10.2. The van der Waals surface area contributed by atoms with Crippen molar-refractivity contribution in [3.05, 3.63) is 58.9 Å². The van der Waals surface area contributed by atoms with Crippen LogP contribution in [-0.2, 0) is 17.3 Å². The van der Waals surface area contributed by atoms with Gasteiger partial charge in [-0.2, -0.15) is 10.5 Å². The number of benzene rings is 1. The molecule has 0 amide bonds. The molecule has 1 aromatic heterocycles. The minimum absolute atomic E-state index is 0.0709. The van der Waals surface area contributed by atoms with Crippen molar-refractivity contribution in [2.75, 3.05) is 0 Å². The molecule has 122 valence electrons. The molecular formula is C20H21N3O. The molecule has 1 N–H and O–H groups in total. The summed E-state index contributed by atoms with van der Waals surface area (Å²) < 4.78 is 0. The van der Waals surface area contributed by atoms with Crippen LogP contribution in [0.3, 0.4) is 0 Å². The molecular weight excluding hydrogens is 298 g/mol. The van der Waals surface area contributed by atoms with Gasteiger partial charge in [0.25, 0.3) is 0 Å². The Kier molecular flexibility index (Phi) is 4.62. The van der Waals surface area contributed by atoms with Crippen LogP contribution in [-0.4, -0.2) is 10.1 Å². The minimum Gasteiger partial charge on any atom is -0.508 e. The lowest BCUT2D eigenvalue weighted by Gasteiger charge is -2.27. The molecule has 1 aromatic carbocycles. The van der Waals surface area contributed by atoms with Gasteiger partial charge in [0, 0.05) is 12.4 Å². The fraction of sp³-hybridized carbons (Fsp3) is 0.350. The van der Waals surface area contributed by atoms with Crippen LogP contribution in [0.2, 0.25) is 0 Å². The molecule has 24 heavy (non-hydrogen) atoms. The molecule has 0 aliphatic heterocycles. The van der Waals surface area contributed by atoms with Crippen LogP contribution in [0.25, 0.3) is 0 Å². The van der Waals surface area contributed by atoms with E-state index < -0.39 is 10.8 Å². The van der Waals surface area contributed by atoms with E-state index in [1.807, 2.05) is 39.8 Å². The van der Waals surface area contributed by atoms with Gasteiger partial charge < -0.3 is 5.11 Å². The number of phenolic OH excluding ortho intramolecular Hbond substituents is 1. The molecule has 0 aliphatic rings. The molecule has 0 radical (unpaired) electrons. The summed E-state index contributed by atoms with van der Waals surface area (Å²) in [4.78, 5) is 4.14. The summed E-state index contributed by atoms with van der Waals surface area (Å²) in [5.74, 6) is 0.0709. The fourth-order valence-electron chi connectivity index (χ4n) is 2.79. The Hall–Kier alpha value is -2.85. The van der Waals surface area contributed by atoms with E-state index in [4.69, 9.17) is 0 Å². The van der Waals surface area contributed by atoms with E-state index in [0.29, 0.717) is 6.42 Å². The summed E-state index contributed by atoms with van der Waals surface area (Å²) in [7, 11) is 0. The first-order valence-corrected chi connectivity index (χ1v) is 7.79. The lowest BCUT2D eigenvalue weighted by molar-refractivity contribution is 0.469. The number of hydrogen-bond acceptors (Lipinski definition) is 4. The zero-order valence-electron chi connectivity index (χ0n) is 14.5. The molecule has 0 aliphatic carbocycles. The Balaban J connectivity index is 2.77. The van der Waals surface area contributed by atoms with Crippen LogP contribution in [0.1, 0.15) is 49.9 Å². The van der Waals surface area contributed by atoms with E-state index in [2.05, 4.69) is 17.1 Å². The molecule has 0 fully saturated rings. The van der Waals surface area contributed by atoms with E-state index in [9.17, 15) is 15.6 Å². The number of phenols is 1. The van der Waals surface area contributed by atoms with Gasteiger partial charge in [-0.25, -0.2) is 0 Å². The molecule has 0 spiro atoms. The van der Waals surface area contributed by atoms with Crippen LogP contribution in [0, 0.1) is 22.7 Å².